The number of guanidine groups is 1. The Morgan fingerprint density at radius 3 is 2.67 bits per heavy atom. The number of hydrogen-bond donors (Lipinski definition) is 2. The summed E-state index contributed by atoms with van der Waals surface area (Å²) >= 11 is 1.75. The number of rotatable bonds is 4. The number of aryl methyl sites for hydroxylation is 2. The molecule has 18 heavy (non-hydrogen) atoms. The van der Waals surface area contributed by atoms with E-state index in [1.807, 2.05) is 13.8 Å². The summed E-state index contributed by atoms with van der Waals surface area (Å²) in [6.07, 6.45) is 6.12. The summed E-state index contributed by atoms with van der Waals surface area (Å²) in [5, 5.41) is 7.35. The van der Waals surface area contributed by atoms with Gasteiger partial charge in [0.25, 0.3) is 0 Å². The smallest absolute Gasteiger partial charge is 0.191 e. The largest absolute Gasteiger partial charge is 0.356 e. The first kappa shape index (κ1) is 17.2. The number of nitrogens with zero attached hydrogens (tertiary/aromatic N) is 2. The lowest BCUT2D eigenvalue weighted by molar-refractivity contribution is 0.827. The van der Waals surface area contributed by atoms with Gasteiger partial charge in [-0.25, -0.2) is 4.98 Å². The second-order valence-corrected chi connectivity index (χ2v) is 4.84. The molecule has 1 aromatic rings. The molecule has 0 aliphatic rings. The van der Waals surface area contributed by atoms with Gasteiger partial charge >= 0.3 is 0 Å². The van der Waals surface area contributed by atoms with Crippen molar-refractivity contribution in [3.63, 3.8) is 0 Å². The second kappa shape index (κ2) is 9.16. The minimum Gasteiger partial charge on any atom is -0.356 e. The highest BCUT2D eigenvalue weighted by atomic mass is 127. The number of hydrogen-bond acceptors (Lipinski definition) is 3. The third-order valence-electron chi connectivity index (χ3n) is 2.23. The first-order valence-electron chi connectivity index (χ1n) is 5.48. The highest BCUT2D eigenvalue weighted by molar-refractivity contribution is 14.0. The number of aromatic nitrogens is 1. The molecule has 2 N–H and O–H groups in total. The molecular weight excluding hydrogens is 359 g/mol. The monoisotopic (exact) mass is 378 g/mol. The highest BCUT2D eigenvalue weighted by Gasteiger charge is 2.04. The van der Waals surface area contributed by atoms with E-state index in [-0.39, 0.29) is 24.0 Å². The topological polar surface area (TPSA) is 49.3 Å². The van der Waals surface area contributed by atoms with Crippen LogP contribution in [0.15, 0.2) is 4.99 Å². The molecular formula is C12H19IN4S. The first-order chi connectivity index (χ1) is 8.17. The van der Waals surface area contributed by atoms with E-state index in [1.165, 1.54) is 4.88 Å². The number of thiazole rings is 1. The maximum absolute atomic E-state index is 5.17. The van der Waals surface area contributed by atoms with Gasteiger partial charge < -0.3 is 10.6 Å². The molecule has 0 aliphatic carbocycles. The van der Waals surface area contributed by atoms with Crippen LogP contribution in [0.25, 0.3) is 0 Å². The summed E-state index contributed by atoms with van der Waals surface area (Å²) < 4.78 is 0. The fourth-order valence-electron chi connectivity index (χ4n) is 1.46. The molecule has 0 atom stereocenters. The lowest BCUT2D eigenvalue weighted by Gasteiger charge is -2.09. The van der Waals surface area contributed by atoms with E-state index in [9.17, 15) is 0 Å². The molecule has 1 heterocycles. The van der Waals surface area contributed by atoms with Gasteiger partial charge in [0.05, 0.1) is 17.2 Å². The fraction of sp³-hybridized carbons (Fsp3) is 0.500. The molecule has 4 nitrogen and oxygen atoms in total. The maximum Gasteiger partial charge on any atom is 0.191 e. The van der Waals surface area contributed by atoms with Crippen LogP contribution in [-0.4, -0.2) is 31.1 Å². The Kier molecular flexibility index (Phi) is 8.75. The Balaban J connectivity index is 0.00000289. The summed E-state index contributed by atoms with van der Waals surface area (Å²) in [5.74, 6) is 3.25. The van der Waals surface area contributed by atoms with Gasteiger partial charge in [0, 0.05) is 24.9 Å². The predicted octanol–water partition coefficient (Wildman–Crippen LogP) is 1.72. The molecule has 6 heteroatoms. The van der Waals surface area contributed by atoms with Crippen LogP contribution in [0.1, 0.15) is 15.6 Å². The van der Waals surface area contributed by atoms with Crippen LogP contribution >= 0.6 is 35.3 Å². The van der Waals surface area contributed by atoms with E-state index < -0.39 is 0 Å². The van der Waals surface area contributed by atoms with E-state index in [4.69, 9.17) is 6.42 Å². The minimum atomic E-state index is 0. The lowest BCUT2D eigenvalue weighted by Crippen LogP contribution is -2.38. The fourth-order valence-corrected chi connectivity index (χ4v) is 2.39. The molecule has 100 valence electrons. The van der Waals surface area contributed by atoms with Gasteiger partial charge in [0.2, 0.25) is 0 Å². The van der Waals surface area contributed by atoms with Gasteiger partial charge in [-0.15, -0.1) is 41.7 Å². The standard InChI is InChI=1S/C12H18N4S.HI/c1-5-7-14-12(13-4)15-8-6-11-9(2)16-10(3)17-11;/h1H,6-8H2,2-4H3,(H2,13,14,15);1H. The summed E-state index contributed by atoms with van der Waals surface area (Å²) in [7, 11) is 1.73. The van der Waals surface area contributed by atoms with Crippen molar-refractivity contribution in [3.05, 3.63) is 15.6 Å². The van der Waals surface area contributed by atoms with Crippen LogP contribution in [0, 0.1) is 26.2 Å². The molecule has 0 unspecified atom stereocenters. The second-order valence-electron chi connectivity index (χ2n) is 3.55. The van der Waals surface area contributed by atoms with Gasteiger partial charge in [-0.1, -0.05) is 5.92 Å². The van der Waals surface area contributed by atoms with Crippen molar-refractivity contribution in [2.45, 2.75) is 20.3 Å². The summed E-state index contributed by atoms with van der Waals surface area (Å²) in [6.45, 7) is 5.39. The summed E-state index contributed by atoms with van der Waals surface area (Å²) in [6, 6.07) is 0. The predicted molar refractivity (Wildman–Crippen MR) is 88.9 cm³/mol. The van der Waals surface area contributed by atoms with Gasteiger partial charge in [-0.2, -0.15) is 0 Å². The number of nitrogens with one attached hydrogen (secondary N) is 2. The average molecular weight is 378 g/mol. The van der Waals surface area contributed by atoms with Crippen LogP contribution in [-0.2, 0) is 6.42 Å². The van der Waals surface area contributed by atoms with Crippen molar-refractivity contribution in [1.29, 1.82) is 0 Å². The Hall–Kier alpha value is -0.810. The average Bonchev–Trinajstić information content (AvgIpc) is 2.62. The highest BCUT2D eigenvalue weighted by Crippen LogP contribution is 2.16. The molecule has 0 amide bonds. The van der Waals surface area contributed by atoms with Crippen LogP contribution in [0.2, 0.25) is 0 Å². The van der Waals surface area contributed by atoms with Crippen LogP contribution < -0.4 is 10.6 Å². The molecule has 0 saturated carbocycles. The molecule has 0 aromatic carbocycles. The third-order valence-corrected chi connectivity index (χ3v) is 3.36. The van der Waals surface area contributed by atoms with Gasteiger partial charge in [-0.05, 0) is 13.8 Å². The molecule has 0 fully saturated rings. The van der Waals surface area contributed by atoms with E-state index in [1.54, 1.807) is 18.4 Å². The Labute approximate surface area is 130 Å². The van der Waals surface area contributed by atoms with Crippen molar-refractivity contribution in [2.75, 3.05) is 20.1 Å². The molecule has 0 spiro atoms. The molecule has 0 saturated heterocycles. The normalized spacial score (nSPS) is 10.4. The SMILES string of the molecule is C#CCNC(=NC)NCCc1sc(C)nc1C.I. The zero-order chi connectivity index (χ0) is 12.7. The van der Waals surface area contributed by atoms with Crippen molar-refractivity contribution < 1.29 is 0 Å². The van der Waals surface area contributed by atoms with E-state index in [2.05, 4.69) is 26.5 Å². The molecule has 0 bridgehead atoms. The van der Waals surface area contributed by atoms with Crippen LogP contribution in [0.3, 0.4) is 0 Å². The summed E-state index contributed by atoms with van der Waals surface area (Å²) in [4.78, 5) is 9.79. The Bertz CT molecular complexity index is 434. The van der Waals surface area contributed by atoms with E-state index in [0.717, 1.165) is 29.6 Å². The lowest BCUT2D eigenvalue weighted by atomic mass is 10.3. The van der Waals surface area contributed by atoms with Crippen molar-refractivity contribution >= 4 is 41.3 Å². The molecule has 1 rings (SSSR count). The molecule has 1 aromatic heterocycles. The number of halogens is 1. The molecule has 0 aliphatic heterocycles. The van der Waals surface area contributed by atoms with Gasteiger partial charge in [0.1, 0.15) is 0 Å². The van der Waals surface area contributed by atoms with Crippen molar-refractivity contribution in [1.82, 2.24) is 15.6 Å². The zero-order valence-corrected chi connectivity index (χ0v) is 14.1. The maximum atomic E-state index is 5.17. The van der Waals surface area contributed by atoms with Crippen LogP contribution in [0.5, 0.6) is 0 Å². The van der Waals surface area contributed by atoms with Gasteiger partial charge in [-0.3, -0.25) is 4.99 Å². The van der Waals surface area contributed by atoms with E-state index in [0.29, 0.717) is 6.54 Å². The van der Waals surface area contributed by atoms with Crippen LogP contribution in [0.4, 0.5) is 0 Å². The van der Waals surface area contributed by atoms with E-state index >= 15 is 0 Å². The summed E-state index contributed by atoms with van der Waals surface area (Å²) in [5.41, 5.74) is 1.13. The third kappa shape index (κ3) is 5.69. The van der Waals surface area contributed by atoms with Gasteiger partial charge in [0.15, 0.2) is 5.96 Å². The minimum absolute atomic E-state index is 0. The Morgan fingerprint density at radius 2 is 2.17 bits per heavy atom. The number of terminal acetylenes is 1. The first-order valence-corrected chi connectivity index (χ1v) is 6.30. The number of aliphatic imine (C=N–C) groups is 1. The van der Waals surface area contributed by atoms with Crippen molar-refractivity contribution in [2.24, 2.45) is 4.99 Å². The zero-order valence-electron chi connectivity index (χ0n) is 10.9. The van der Waals surface area contributed by atoms with Crippen molar-refractivity contribution in [3.8, 4) is 12.3 Å². The quantitative estimate of drug-likeness (QED) is 0.363. The molecule has 0 radical (unpaired) electrons. The Morgan fingerprint density at radius 1 is 1.44 bits per heavy atom.